The summed E-state index contributed by atoms with van der Waals surface area (Å²) in [6.07, 6.45) is 0.701. The molecule has 2 unspecified atom stereocenters. The Morgan fingerprint density at radius 3 is 2.12 bits per heavy atom. The summed E-state index contributed by atoms with van der Waals surface area (Å²) < 4.78 is 9.32. The molecular weight excluding hydrogens is 456 g/mol. The molecule has 2 atom stereocenters. The lowest BCUT2D eigenvalue weighted by Gasteiger charge is -2.22. The maximum atomic E-state index is 12.1. The van der Waals surface area contributed by atoms with Crippen LogP contribution in [0.15, 0.2) is 35.7 Å². The molecule has 0 aliphatic rings. The van der Waals surface area contributed by atoms with Crippen LogP contribution < -0.4 is 5.32 Å². The number of hydrogen-bond donors (Lipinski definition) is 2. The molecule has 8 nitrogen and oxygen atoms in total. The SMILES string of the molecule is COC(=O)C(C)(C)C.COC(=O)C(Cc1csc(-c2ccccc2)n1)NC(CC(C)C)C(=O)O. The van der Waals surface area contributed by atoms with Gasteiger partial charge in [-0.05, 0) is 33.1 Å². The van der Waals surface area contributed by atoms with Gasteiger partial charge in [0.15, 0.2) is 0 Å². The smallest absolute Gasteiger partial charge is 0.323 e. The summed E-state index contributed by atoms with van der Waals surface area (Å²) >= 11 is 1.49. The van der Waals surface area contributed by atoms with Crippen LogP contribution in [-0.2, 0) is 30.3 Å². The Morgan fingerprint density at radius 2 is 1.68 bits per heavy atom. The minimum atomic E-state index is -0.976. The van der Waals surface area contributed by atoms with Crippen molar-refractivity contribution in [3.63, 3.8) is 0 Å². The number of methoxy groups -OCH3 is 2. The largest absolute Gasteiger partial charge is 0.480 e. The van der Waals surface area contributed by atoms with E-state index in [4.69, 9.17) is 4.74 Å². The van der Waals surface area contributed by atoms with Gasteiger partial charge in [0, 0.05) is 17.4 Å². The lowest BCUT2D eigenvalue weighted by Crippen LogP contribution is -2.49. The molecular formula is C25H36N2O6S. The van der Waals surface area contributed by atoms with E-state index in [9.17, 15) is 19.5 Å². The summed E-state index contributed by atoms with van der Waals surface area (Å²) in [7, 11) is 2.69. The van der Waals surface area contributed by atoms with Crippen LogP contribution in [-0.4, -0.2) is 54.3 Å². The zero-order chi connectivity index (χ0) is 25.9. The minimum Gasteiger partial charge on any atom is -0.480 e. The molecule has 9 heteroatoms. The van der Waals surface area contributed by atoms with E-state index >= 15 is 0 Å². The van der Waals surface area contributed by atoms with Gasteiger partial charge in [0.2, 0.25) is 0 Å². The standard InChI is InChI=1S/C19H24N2O4S.C6H12O2/c1-12(2)9-15(18(22)23)21-16(19(24)25-3)10-14-11-26-17(20-14)13-7-5-4-6-8-13;1-6(2,3)5(7)8-4/h4-8,11-12,15-16,21H,9-10H2,1-3H3,(H,22,23);1-4H3. The molecule has 1 aromatic heterocycles. The summed E-state index contributed by atoms with van der Waals surface area (Å²) in [6.45, 7) is 9.34. The summed E-state index contributed by atoms with van der Waals surface area (Å²) in [5.41, 5.74) is 1.38. The Labute approximate surface area is 205 Å². The number of rotatable bonds is 9. The second-order valence-corrected chi connectivity index (χ2v) is 10.1. The fraction of sp³-hybridized carbons (Fsp3) is 0.520. The summed E-state index contributed by atoms with van der Waals surface area (Å²) in [4.78, 5) is 38.8. The van der Waals surface area contributed by atoms with Crippen LogP contribution in [0.5, 0.6) is 0 Å². The van der Waals surface area contributed by atoms with E-state index in [1.54, 1.807) is 0 Å². The zero-order valence-electron chi connectivity index (χ0n) is 21.0. The van der Waals surface area contributed by atoms with E-state index in [2.05, 4.69) is 15.0 Å². The van der Waals surface area contributed by atoms with Gasteiger partial charge in [0.1, 0.15) is 17.1 Å². The third-order valence-corrected chi connectivity index (χ3v) is 5.62. The molecule has 34 heavy (non-hydrogen) atoms. The minimum absolute atomic E-state index is 0.169. The molecule has 1 heterocycles. The first-order chi connectivity index (χ1) is 15.9. The monoisotopic (exact) mass is 492 g/mol. The van der Waals surface area contributed by atoms with Crippen molar-refractivity contribution < 1.29 is 29.0 Å². The Hall–Kier alpha value is -2.78. The molecule has 0 saturated carbocycles. The third-order valence-electron chi connectivity index (χ3n) is 4.68. The number of hydrogen-bond acceptors (Lipinski definition) is 8. The second kappa shape index (κ2) is 13.8. The van der Waals surface area contributed by atoms with Crippen molar-refractivity contribution in [3.8, 4) is 10.6 Å². The summed E-state index contributed by atoms with van der Waals surface area (Å²) in [5.74, 6) is -1.45. The first-order valence-electron chi connectivity index (χ1n) is 11.0. The first kappa shape index (κ1) is 29.3. The summed E-state index contributed by atoms with van der Waals surface area (Å²) in [5, 5.41) is 15.1. The van der Waals surface area contributed by atoms with Gasteiger partial charge < -0.3 is 14.6 Å². The molecule has 0 fully saturated rings. The van der Waals surface area contributed by atoms with Crippen molar-refractivity contribution in [2.75, 3.05) is 14.2 Å². The molecule has 1 aromatic carbocycles. The highest BCUT2D eigenvalue weighted by Crippen LogP contribution is 2.24. The molecule has 188 valence electrons. The molecule has 0 aliphatic carbocycles. The number of aromatic nitrogens is 1. The second-order valence-electron chi connectivity index (χ2n) is 9.22. The van der Waals surface area contributed by atoms with Crippen LogP contribution in [0.4, 0.5) is 0 Å². The number of nitrogens with zero attached hydrogens (tertiary/aromatic N) is 1. The van der Waals surface area contributed by atoms with Gasteiger partial charge in [0.05, 0.1) is 25.3 Å². The Kier molecular flexibility index (Phi) is 11.9. The molecule has 2 N–H and O–H groups in total. The van der Waals surface area contributed by atoms with Gasteiger partial charge in [0.25, 0.3) is 0 Å². The Balaban J connectivity index is 0.000000620. The first-order valence-corrected chi connectivity index (χ1v) is 11.9. The van der Waals surface area contributed by atoms with Crippen molar-refractivity contribution >= 4 is 29.2 Å². The van der Waals surface area contributed by atoms with Crippen molar-refractivity contribution in [1.82, 2.24) is 10.3 Å². The average Bonchev–Trinajstić information content (AvgIpc) is 3.25. The van der Waals surface area contributed by atoms with Gasteiger partial charge in [-0.2, -0.15) is 0 Å². The predicted molar refractivity (Wildman–Crippen MR) is 133 cm³/mol. The normalized spacial score (nSPS) is 12.8. The lowest BCUT2D eigenvalue weighted by atomic mass is 9.98. The predicted octanol–water partition coefficient (Wildman–Crippen LogP) is 4.19. The topological polar surface area (TPSA) is 115 Å². The van der Waals surface area contributed by atoms with Gasteiger partial charge in [-0.25, -0.2) is 4.98 Å². The fourth-order valence-corrected chi connectivity index (χ4v) is 3.78. The highest BCUT2D eigenvalue weighted by atomic mass is 32.1. The molecule has 0 bridgehead atoms. The Bertz CT molecular complexity index is 921. The van der Waals surface area contributed by atoms with Crippen LogP contribution in [0.1, 0.15) is 46.7 Å². The number of carboxylic acid groups (broad SMARTS) is 1. The molecule has 2 aromatic rings. The number of carboxylic acids is 1. The van der Waals surface area contributed by atoms with E-state index in [0.717, 1.165) is 16.3 Å². The highest BCUT2D eigenvalue weighted by Gasteiger charge is 2.28. The number of aliphatic carboxylic acids is 1. The number of esters is 2. The van der Waals surface area contributed by atoms with Crippen molar-refractivity contribution in [1.29, 1.82) is 0 Å². The van der Waals surface area contributed by atoms with Crippen molar-refractivity contribution in [2.24, 2.45) is 11.3 Å². The Morgan fingerprint density at radius 1 is 1.06 bits per heavy atom. The highest BCUT2D eigenvalue weighted by molar-refractivity contribution is 7.13. The number of nitrogens with one attached hydrogen (secondary N) is 1. The zero-order valence-corrected chi connectivity index (χ0v) is 21.8. The van der Waals surface area contributed by atoms with E-state index in [1.807, 2.05) is 70.3 Å². The molecule has 0 spiro atoms. The average molecular weight is 493 g/mol. The van der Waals surface area contributed by atoms with Crippen LogP contribution in [0.2, 0.25) is 0 Å². The number of thiazole rings is 1. The molecule has 0 radical (unpaired) electrons. The molecule has 0 amide bonds. The fourth-order valence-electron chi connectivity index (χ4n) is 2.94. The van der Waals surface area contributed by atoms with E-state index in [0.29, 0.717) is 6.42 Å². The molecule has 2 rings (SSSR count). The maximum Gasteiger partial charge on any atom is 0.323 e. The van der Waals surface area contributed by atoms with E-state index in [-0.39, 0.29) is 23.7 Å². The lowest BCUT2D eigenvalue weighted by molar-refractivity contribution is -0.149. The van der Waals surface area contributed by atoms with Crippen LogP contribution in [0.3, 0.4) is 0 Å². The van der Waals surface area contributed by atoms with Crippen molar-refractivity contribution in [3.05, 3.63) is 41.4 Å². The van der Waals surface area contributed by atoms with Gasteiger partial charge in [-0.15, -0.1) is 11.3 Å². The number of carbonyl (C=O) groups is 3. The maximum absolute atomic E-state index is 12.1. The molecule has 0 aliphatic heterocycles. The van der Waals surface area contributed by atoms with E-state index < -0.39 is 24.0 Å². The van der Waals surface area contributed by atoms with Crippen molar-refractivity contribution in [2.45, 2.75) is 59.5 Å². The van der Waals surface area contributed by atoms with E-state index in [1.165, 1.54) is 25.6 Å². The number of benzene rings is 1. The van der Waals surface area contributed by atoms with Crippen LogP contribution in [0, 0.1) is 11.3 Å². The number of ether oxygens (including phenoxy) is 2. The summed E-state index contributed by atoms with van der Waals surface area (Å²) in [6, 6.07) is 8.20. The van der Waals surface area contributed by atoms with Gasteiger partial charge in [-0.3, -0.25) is 19.7 Å². The van der Waals surface area contributed by atoms with Gasteiger partial charge >= 0.3 is 17.9 Å². The van der Waals surface area contributed by atoms with Crippen LogP contribution >= 0.6 is 11.3 Å². The quantitative estimate of drug-likeness (QED) is 0.501. The number of carbonyl (C=O) groups excluding carboxylic acids is 2. The molecule has 0 saturated heterocycles. The van der Waals surface area contributed by atoms with Gasteiger partial charge in [-0.1, -0.05) is 44.2 Å². The third kappa shape index (κ3) is 10.0. The van der Waals surface area contributed by atoms with Crippen LogP contribution in [0.25, 0.3) is 10.6 Å².